The SMILES string of the molecule is Nc1ccc(OCC2CCNCC2)c(F)c1. The van der Waals surface area contributed by atoms with Crippen LogP contribution in [0.25, 0.3) is 0 Å². The summed E-state index contributed by atoms with van der Waals surface area (Å²) >= 11 is 0. The first kappa shape index (κ1) is 11.2. The molecule has 1 aromatic carbocycles. The molecule has 88 valence electrons. The number of anilines is 1. The van der Waals surface area contributed by atoms with E-state index in [0.717, 1.165) is 25.9 Å². The van der Waals surface area contributed by atoms with Crippen LogP contribution < -0.4 is 15.8 Å². The van der Waals surface area contributed by atoms with Crippen molar-refractivity contribution >= 4 is 5.69 Å². The first-order chi connectivity index (χ1) is 7.75. The van der Waals surface area contributed by atoms with Gasteiger partial charge in [0.05, 0.1) is 6.61 Å². The highest BCUT2D eigenvalue weighted by Gasteiger charge is 2.14. The molecule has 0 aliphatic carbocycles. The van der Waals surface area contributed by atoms with Gasteiger partial charge in [-0.15, -0.1) is 0 Å². The Kier molecular flexibility index (Phi) is 3.62. The van der Waals surface area contributed by atoms with Gasteiger partial charge in [0.2, 0.25) is 0 Å². The molecule has 0 unspecified atom stereocenters. The standard InChI is InChI=1S/C12H17FN2O/c13-11-7-10(14)1-2-12(11)16-8-9-3-5-15-6-4-9/h1-2,7,9,15H,3-6,8,14H2. The highest BCUT2D eigenvalue weighted by molar-refractivity contribution is 5.42. The highest BCUT2D eigenvalue weighted by Crippen LogP contribution is 2.21. The molecule has 3 N–H and O–H groups in total. The van der Waals surface area contributed by atoms with Gasteiger partial charge in [0.25, 0.3) is 0 Å². The van der Waals surface area contributed by atoms with E-state index in [0.29, 0.717) is 24.0 Å². The van der Waals surface area contributed by atoms with Crippen LogP contribution in [-0.2, 0) is 0 Å². The minimum absolute atomic E-state index is 0.299. The van der Waals surface area contributed by atoms with Crippen molar-refractivity contribution in [2.45, 2.75) is 12.8 Å². The lowest BCUT2D eigenvalue weighted by Crippen LogP contribution is -2.30. The molecule has 2 rings (SSSR count). The molecule has 3 nitrogen and oxygen atoms in total. The van der Waals surface area contributed by atoms with Crippen LogP contribution in [0.5, 0.6) is 5.75 Å². The van der Waals surface area contributed by atoms with Gasteiger partial charge >= 0.3 is 0 Å². The number of rotatable bonds is 3. The van der Waals surface area contributed by atoms with Crippen molar-refractivity contribution in [1.82, 2.24) is 5.32 Å². The summed E-state index contributed by atoms with van der Waals surface area (Å²) in [6, 6.07) is 4.53. The van der Waals surface area contributed by atoms with Crippen molar-refractivity contribution in [2.75, 3.05) is 25.4 Å². The topological polar surface area (TPSA) is 47.3 Å². The fraction of sp³-hybridized carbons (Fsp3) is 0.500. The number of benzene rings is 1. The average Bonchev–Trinajstić information content (AvgIpc) is 2.29. The monoisotopic (exact) mass is 224 g/mol. The van der Waals surface area contributed by atoms with Crippen LogP contribution >= 0.6 is 0 Å². The van der Waals surface area contributed by atoms with Crippen molar-refractivity contribution < 1.29 is 9.13 Å². The second kappa shape index (κ2) is 5.16. The lowest BCUT2D eigenvalue weighted by atomic mass is 9.99. The molecule has 1 heterocycles. The summed E-state index contributed by atoms with van der Waals surface area (Å²) < 4.78 is 18.9. The van der Waals surface area contributed by atoms with Gasteiger partial charge < -0.3 is 15.8 Å². The molecule has 0 bridgehead atoms. The molecule has 1 aromatic rings. The number of nitrogens with two attached hydrogens (primary N) is 1. The largest absolute Gasteiger partial charge is 0.490 e. The van der Waals surface area contributed by atoms with Gasteiger partial charge in [-0.05, 0) is 44.0 Å². The van der Waals surface area contributed by atoms with Crippen molar-refractivity contribution in [3.8, 4) is 5.75 Å². The van der Waals surface area contributed by atoms with E-state index in [2.05, 4.69) is 5.32 Å². The van der Waals surface area contributed by atoms with Gasteiger partial charge in [0.15, 0.2) is 11.6 Å². The zero-order chi connectivity index (χ0) is 11.4. The van der Waals surface area contributed by atoms with Gasteiger partial charge in [-0.2, -0.15) is 0 Å². The normalized spacial score (nSPS) is 17.3. The number of halogens is 1. The minimum Gasteiger partial charge on any atom is -0.490 e. The summed E-state index contributed by atoms with van der Waals surface area (Å²) in [5, 5.41) is 3.29. The number of hydrogen-bond donors (Lipinski definition) is 2. The number of hydrogen-bond acceptors (Lipinski definition) is 3. The molecule has 1 aliphatic heterocycles. The summed E-state index contributed by atoms with van der Waals surface area (Å²) in [5.41, 5.74) is 5.89. The molecule has 0 spiro atoms. The Balaban J connectivity index is 1.88. The fourth-order valence-electron chi connectivity index (χ4n) is 1.89. The van der Waals surface area contributed by atoms with Crippen molar-refractivity contribution in [2.24, 2.45) is 5.92 Å². The van der Waals surface area contributed by atoms with Crippen LogP contribution in [0.3, 0.4) is 0 Å². The Morgan fingerprint density at radius 1 is 1.38 bits per heavy atom. The van der Waals surface area contributed by atoms with Crippen molar-refractivity contribution in [3.63, 3.8) is 0 Å². The summed E-state index contributed by atoms with van der Waals surface area (Å²) in [5.74, 6) is 0.444. The molecule has 1 saturated heterocycles. The first-order valence-corrected chi connectivity index (χ1v) is 5.64. The lowest BCUT2D eigenvalue weighted by molar-refractivity contribution is 0.208. The number of nitrogen functional groups attached to an aromatic ring is 1. The second-order valence-electron chi connectivity index (χ2n) is 4.19. The van der Waals surface area contributed by atoms with Crippen LogP contribution in [0.1, 0.15) is 12.8 Å². The van der Waals surface area contributed by atoms with Crippen LogP contribution in [0.15, 0.2) is 18.2 Å². The Labute approximate surface area is 94.8 Å². The Morgan fingerprint density at radius 2 is 2.12 bits per heavy atom. The third kappa shape index (κ3) is 2.85. The van der Waals surface area contributed by atoms with Gasteiger partial charge in [0, 0.05) is 11.8 Å². The fourth-order valence-corrected chi connectivity index (χ4v) is 1.89. The predicted molar refractivity (Wildman–Crippen MR) is 61.9 cm³/mol. The quantitative estimate of drug-likeness (QED) is 0.769. The maximum atomic E-state index is 13.4. The molecule has 16 heavy (non-hydrogen) atoms. The van der Waals surface area contributed by atoms with E-state index >= 15 is 0 Å². The molecule has 0 aromatic heterocycles. The van der Waals surface area contributed by atoms with Gasteiger partial charge in [-0.1, -0.05) is 0 Å². The van der Waals surface area contributed by atoms with Crippen molar-refractivity contribution in [1.29, 1.82) is 0 Å². The molecule has 0 radical (unpaired) electrons. The molecule has 1 fully saturated rings. The average molecular weight is 224 g/mol. The third-order valence-corrected chi connectivity index (χ3v) is 2.89. The molecule has 4 heteroatoms. The third-order valence-electron chi connectivity index (χ3n) is 2.89. The predicted octanol–water partition coefficient (Wildman–Crippen LogP) is 1.79. The maximum Gasteiger partial charge on any atom is 0.167 e. The summed E-state index contributed by atoms with van der Waals surface area (Å²) in [6.45, 7) is 2.64. The number of piperidine rings is 1. The van der Waals surface area contributed by atoms with Crippen LogP contribution in [0.4, 0.5) is 10.1 Å². The smallest absolute Gasteiger partial charge is 0.167 e. The molecule has 0 saturated carbocycles. The van der Waals surface area contributed by atoms with Crippen LogP contribution in [0, 0.1) is 11.7 Å². The molecule has 0 atom stereocenters. The van der Waals surface area contributed by atoms with E-state index in [-0.39, 0.29) is 5.82 Å². The lowest BCUT2D eigenvalue weighted by Gasteiger charge is -2.22. The molecule has 0 amide bonds. The zero-order valence-corrected chi connectivity index (χ0v) is 9.21. The second-order valence-corrected chi connectivity index (χ2v) is 4.19. The summed E-state index contributed by atoms with van der Waals surface area (Å²) in [6.07, 6.45) is 2.19. The van der Waals surface area contributed by atoms with E-state index in [1.54, 1.807) is 12.1 Å². The van der Waals surface area contributed by atoms with Crippen LogP contribution in [-0.4, -0.2) is 19.7 Å². The van der Waals surface area contributed by atoms with E-state index in [4.69, 9.17) is 10.5 Å². The zero-order valence-electron chi connectivity index (χ0n) is 9.21. The van der Waals surface area contributed by atoms with Crippen LogP contribution in [0.2, 0.25) is 0 Å². The maximum absolute atomic E-state index is 13.4. The Bertz CT molecular complexity index is 351. The Morgan fingerprint density at radius 3 is 2.81 bits per heavy atom. The van der Waals surface area contributed by atoms with Gasteiger partial charge in [0.1, 0.15) is 0 Å². The number of nitrogens with one attached hydrogen (secondary N) is 1. The molecular weight excluding hydrogens is 207 g/mol. The first-order valence-electron chi connectivity index (χ1n) is 5.64. The molecular formula is C12H17FN2O. The van der Waals surface area contributed by atoms with E-state index in [9.17, 15) is 4.39 Å². The summed E-state index contributed by atoms with van der Waals surface area (Å²) in [7, 11) is 0. The highest BCUT2D eigenvalue weighted by atomic mass is 19.1. The van der Waals surface area contributed by atoms with E-state index in [1.807, 2.05) is 0 Å². The minimum atomic E-state index is -0.381. The van der Waals surface area contributed by atoms with Gasteiger partial charge in [-0.25, -0.2) is 4.39 Å². The van der Waals surface area contributed by atoms with E-state index < -0.39 is 0 Å². The van der Waals surface area contributed by atoms with E-state index in [1.165, 1.54) is 6.07 Å². The molecule has 1 aliphatic rings. The summed E-state index contributed by atoms with van der Waals surface area (Å²) in [4.78, 5) is 0. The number of ether oxygens (including phenoxy) is 1. The van der Waals surface area contributed by atoms with Gasteiger partial charge in [-0.3, -0.25) is 0 Å². The van der Waals surface area contributed by atoms with Crippen molar-refractivity contribution in [3.05, 3.63) is 24.0 Å². The Hall–Kier alpha value is -1.29.